The number of nitrogen functional groups attached to an aromatic ring is 1. The highest BCUT2D eigenvalue weighted by Crippen LogP contribution is 2.39. The van der Waals surface area contributed by atoms with Crippen LogP contribution >= 0.6 is 11.6 Å². The fourth-order valence-corrected chi connectivity index (χ4v) is 9.62. The van der Waals surface area contributed by atoms with Gasteiger partial charge in [0.15, 0.2) is 6.10 Å². The topological polar surface area (TPSA) is 141 Å². The Balaban J connectivity index is 0.994. The fourth-order valence-electron chi connectivity index (χ4n) is 9.38. The van der Waals surface area contributed by atoms with Crippen molar-refractivity contribution in [2.24, 2.45) is 0 Å². The smallest absolute Gasteiger partial charge is 0.418 e. The quantitative estimate of drug-likeness (QED) is 0.257. The number of alkyl halides is 3. The van der Waals surface area contributed by atoms with Crippen molar-refractivity contribution < 1.29 is 41.8 Å². The van der Waals surface area contributed by atoms with Crippen molar-refractivity contribution in [3.8, 4) is 0 Å². The number of carbonyl (C=O) groups excluding carboxylic acids is 4. The van der Waals surface area contributed by atoms with E-state index in [9.17, 15) is 32.3 Å². The van der Waals surface area contributed by atoms with E-state index in [0.717, 1.165) is 43.0 Å². The first-order chi connectivity index (χ1) is 27.3. The van der Waals surface area contributed by atoms with Gasteiger partial charge in [0.25, 0.3) is 5.91 Å². The van der Waals surface area contributed by atoms with Crippen LogP contribution in [0.1, 0.15) is 62.1 Å². The summed E-state index contributed by atoms with van der Waals surface area (Å²) in [7, 11) is 0. The first-order valence-electron chi connectivity index (χ1n) is 20.0. The normalized spacial score (nSPS) is 24.1. The molecule has 3 N–H and O–H groups in total. The van der Waals surface area contributed by atoms with Crippen LogP contribution in [0.5, 0.6) is 0 Å². The highest BCUT2D eigenvalue weighted by atomic mass is 35.5. The Kier molecular flexibility index (Phi) is 12.4. The Bertz CT molecular complexity index is 1810. The number of rotatable bonds is 9. The molecule has 7 rings (SSSR count). The molecule has 2 bridgehead atoms. The van der Waals surface area contributed by atoms with Gasteiger partial charge in [-0.3, -0.25) is 19.4 Å². The van der Waals surface area contributed by atoms with Crippen molar-refractivity contribution in [2.45, 2.75) is 94.7 Å². The SMILES string of the molecule is CCOC(=O)CN1C2CC[C@@H]1CC(N1CCN(C(=O)C(Cc3cc(Cl)c(N)c(C(F)(F)F)c3)OC(=O)N3CCC(N4CCc5ccccc5NC4=O)CC3)CC1)C2. The second-order valence-electron chi connectivity index (χ2n) is 15.7. The number of anilines is 2. The van der Waals surface area contributed by atoms with Crippen LogP contribution in [-0.2, 0) is 38.1 Å². The van der Waals surface area contributed by atoms with Crippen molar-refractivity contribution in [3.05, 3.63) is 58.1 Å². The number of carbonyl (C=O) groups is 4. The molecule has 2 aromatic rings. The molecule has 5 aliphatic heterocycles. The van der Waals surface area contributed by atoms with Crippen molar-refractivity contribution in [1.29, 1.82) is 0 Å². The summed E-state index contributed by atoms with van der Waals surface area (Å²) < 4.78 is 52.9. The average Bonchev–Trinajstić information content (AvgIpc) is 3.32. The maximum Gasteiger partial charge on any atom is 0.418 e. The molecule has 4 saturated heterocycles. The van der Waals surface area contributed by atoms with E-state index in [4.69, 9.17) is 26.8 Å². The molecule has 17 heteroatoms. The van der Waals surface area contributed by atoms with Gasteiger partial charge in [-0.15, -0.1) is 0 Å². The summed E-state index contributed by atoms with van der Waals surface area (Å²) in [5, 5.41) is 2.68. The lowest BCUT2D eigenvalue weighted by molar-refractivity contribution is -0.146. The van der Waals surface area contributed by atoms with Crippen LogP contribution in [0.25, 0.3) is 0 Å². The number of halogens is 4. The molecule has 0 saturated carbocycles. The number of amides is 4. The molecule has 13 nitrogen and oxygen atoms in total. The van der Waals surface area contributed by atoms with Gasteiger partial charge in [0, 0.05) is 82.1 Å². The molecule has 5 aliphatic rings. The number of para-hydroxylation sites is 1. The maximum atomic E-state index is 14.2. The van der Waals surface area contributed by atoms with Crippen LogP contribution in [0.15, 0.2) is 36.4 Å². The summed E-state index contributed by atoms with van der Waals surface area (Å²) in [6.07, 6.45) is -1.74. The maximum absolute atomic E-state index is 14.2. The van der Waals surface area contributed by atoms with Gasteiger partial charge in [0.2, 0.25) is 0 Å². The van der Waals surface area contributed by atoms with Crippen molar-refractivity contribution in [1.82, 2.24) is 24.5 Å². The summed E-state index contributed by atoms with van der Waals surface area (Å²) in [4.78, 5) is 62.8. The lowest BCUT2D eigenvalue weighted by atomic mass is 9.95. The monoisotopic (exact) mass is 817 g/mol. The van der Waals surface area contributed by atoms with Crippen molar-refractivity contribution >= 4 is 47.0 Å². The van der Waals surface area contributed by atoms with Gasteiger partial charge >= 0.3 is 24.3 Å². The van der Waals surface area contributed by atoms with Crippen molar-refractivity contribution in [3.63, 3.8) is 0 Å². The molecule has 4 atom stereocenters. The van der Waals surface area contributed by atoms with Gasteiger partial charge in [-0.1, -0.05) is 29.8 Å². The molecule has 4 amide bonds. The van der Waals surface area contributed by atoms with E-state index in [1.54, 1.807) is 16.7 Å². The van der Waals surface area contributed by atoms with E-state index in [1.165, 1.54) is 11.0 Å². The summed E-state index contributed by atoms with van der Waals surface area (Å²) >= 11 is 6.15. The minimum absolute atomic E-state index is 0.0586. The molecule has 0 spiro atoms. The minimum Gasteiger partial charge on any atom is -0.465 e. The molecular formula is C40H51ClF3N7O6. The number of fused-ring (bicyclic) bond motifs is 3. The number of likely N-dealkylation sites (tertiary alicyclic amines) is 1. The lowest BCUT2D eigenvalue weighted by Crippen LogP contribution is -2.58. The first kappa shape index (κ1) is 40.9. The standard InChI is InChI=1S/C40H51ClF3N7O6/c1-2-56-35(52)24-51-28-7-8-29(51)23-30(22-28)47-15-17-48(18-16-47)37(53)34(21-25-19-31(40(42,43)44)36(45)32(41)20-25)57-39(55)49-12-10-27(11-13-49)50-14-9-26-5-3-4-6-33(26)46-38(50)54/h3-6,19-20,27-30,34H,2,7-18,21-24,45H2,1H3,(H,46,54)/t28-,29?,30?,34?/m1/s1. The second kappa shape index (κ2) is 17.3. The number of urea groups is 1. The van der Waals surface area contributed by atoms with E-state index in [-0.39, 0.29) is 48.1 Å². The molecule has 2 aromatic carbocycles. The van der Waals surface area contributed by atoms with Gasteiger partial charge in [0.05, 0.1) is 29.4 Å². The number of piperidine rings is 2. The molecule has 0 aromatic heterocycles. The molecule has 0 radical (unpaired) electrons. The Labute approximate surface area is 335 Å². The number of hydrogen-bond donors (Lipinski definition) is 2. The number of nitrogens with zero attached hydrogens (tertiary/aromatic N) is 5. The number of nitrogens with one attached hydrogen (secondary N) is 1. The van der Waals surface area contributed by atoms with Crippen LogP contribution in [0.4, 0.5) is 34.1 Å². The van der Waals surface area contributed by atoms with E-state index < -0.39 is 35.5 Å². The van der Waals surface area contributed by atoms with Gasteiger partial charge < -0.3 is 35.2 Å². The number of hydrogen-bond acceptors (Lipinski definition) is 9. The number of ether oxygens (including phenoxy) is 2. The average molecular weight is 818 g/mol. The zero-order chi connectivity index (χ0) is 40.4. The number of nitrogens with two attached hydrogens (primary N) is 1. The van der Waals surface area contributed by atoms with Crippen LogP contribution in [0.3, 0.4) is 0 Å². The molecule has 310 valence electrons. The molecule has 5 heterocycles. The first-order valence-corrected chi connectivity index (χ1v) is 20.4. The highest BCUT2D eigenvalue weighted by molar-refractivity contribution is 6.33. The van der Waals surface area contributed by atoms with Crippen LogP contribution < -0.4 is 11.1 Å². The summed E-state index contributed by atoms with van der Waals surface area (Å²) in [5.74, 6) is -0.700. The Morgan fingerprint density at radius 2 is 1.60 bits per heavy atom. The predicted octanol–water partition coefficient (Wildman–Crippen LogP) is 5.25. The van der Waals surface area contributed by atoms with Crippen LogP contribution in [-0.4, -0.2) is 138 Å². The Morgan fingerprint density at radius 1 is 0.912 bits per heavy atom. The Hall–Kier alpha value is -4.28. The zero-order valence-corrected chi connectivity index (χ0v) is 32.9. The minimum atomic E-state index is -4.79. The van der Waals surface area contributed by atoms with E-state index in [0.29, 0.717) is 83.3 Å². The predicted molar refractivity (Wildman–Crippen MR) is 207 cm³/mol. The summed E-state index contributed by atoms with van der Waals surface area (Å²) in [5.41, 5.74) is 5.84. The third-order valence-corrected chi connectivity index (χ3v) is 12.7. The number of benzene rings is 2. The molecule has 57 heavy (non-hydrogen) atoms. The zero-order valence-electron chi connectivity index (χ0n) is 32.1. The van der Waals surface area contributed by atoms with Crippen molar-refractivity contribution in [2.75, 3.05) is 70.0 Å². The highest BCUT2D eigenvalue weighted by Gasteiger charge is 2.44. The van der Waals surface area contributed by atoms with E-state index >= 15 is 0 Å². The molecule has 4 fully saturated rings. The molecular weight excluding hydrogens is 767 g/mol. The fraction of sp³-hybridized carbons (Fsp3) is 0.600. The van der Waals surface area contributed by atoms with E-state index in [2.05, 4.69) is 15.1 Å². The molecule has 0 aliphatic carbocycles. The van der Waals surface area contributed by atoms with Gasteiger partial charge in [0.1, 0.15) is 0 Å². The largest absolute Gasteiger partial charge is 0.465 e. The van der Waals surface area contributed by atoms with Gasteiger partial charge in [-0.2, -0.15) is 13.2 Å². The second-order valence-corrected chi connectivity index (χ2v) is 16.1. The van der Waals surface area contributed by atoms with Crippen LogP contribution in [0.2, 0.25) is 5.02 Å². The number of esters is 1. The van der Waals surface area contributed by atoms with Crippen LogP contribution in [0, 0.1) is 0 Å². The molecule has 3 unspecified atom stereocenters. The number of piperazine rings is 1. The third-order valence-electron chi connectivity index (χ3n) is 12.4. The lowest BCUT2D eigenvalue weighted by Gasteiger charge is -2.46. The summed E-state index contributed by atoms with van der Waals surface area (Å²) in [6, 6.07) is 10.4. The van der Waals surface area contributed by atoms with Gasteiger partial charge in [-0.05, 0) is 81.2 Å². The summed E-state index contributed by atoms with van der Waals surface area (Å²) in [6.45, 7) is 5.40. The third kappa shape index (κ3) is 9.23. The van der Waals surface area contributed by atoms with E-state index in [1.807, 2.05) is 24.3 Å². The Morgan fingerprint density at radius 3 is 2.26 bits per heavy atom. The van der Waals surface area contributed by atoms with Gasteiger partial charge in [-0.25, -0.2) is 9.59 Å².